The molecule has 1 heterocycles. The molecule has 8 heteroatoms. The number of morpholine rings is 1. The molecule has 0 saturated carbocycles. The Balaban J connectivity index is 2.65. The minimum Gasteiger partial charge on any atom is -0.480 e. The van der Waals surface area contributed by atoms with Gasteiger partial charge in [0.25, 0.3) is 0 Å². The number of hydrogen-bond acceptors (Lipinski definition) is 5. The molecule has 0 bridgehead atoms. The summed E-state index contributed by atoms with van der Waals surface area (Å²) in [4.78, 5) is 24.8. The molecule has 0 aromatic rings. The van der Waals surface area contributed by atoms with Crippen LogP contribution in [0.1, 0.15) is 20.3 Å². The Morgan fingerprint density at radius 1 is 1.52 bits per heavy atom. The Morgan fingerprint density at radius 2 is 2.19 bits per heavy atom. The summed E-state index contributed by atoms with van der Waals surface area (Å²) in [6, 6.07) is -1.48. The fourth-order valence-corrected chi connectivity index (χ4v) is 2.28. The Hall–Kier alpha value is -1.38. The molecule has 0 aromatic carbocycles. The Labute approximate surface area is 124 Å². The SMILES string of the molecule is COCCC(NC(=O)N1CC(CO)OC(C)(C)C1)C(=O)O. The van der Waals surface area contributed by atoms with E-state index >= 15 is 0 Å². The smallest absolute Gasteiger partial charge is 0.326 e. The van der Waals surface area contributed by atoms with E-state index in [1.54, 1.807) is 0 Å². The minimum absolute atomic E-state index is 0.189. The van der Waals surface area contributed by atoms with Gasteiger partial charge in [0.15, 0.2) is 0 Å². The van der Waals surface area contributed by atoms with Crippen LogP contribution in [0.15, 0.2) is 0 Å². The van der Waals surface area contributed by atoms with Gasteiger partial charge in [-0.15, -0.1) is 0 Å². The highest BCUT2D eigenvalue weighted by molar-refractivity contribution is 5.82. The number of carboxylic acids is 1. The molecule has 0 aromatic heterocycles. The Bertz CT molecular complexity index is 374. The topological polar surface area (TPSA) is 108 Å². The molecule has 2 atom stereocenters. The van der Waals surface area contributed by atoms with E-state index in [0.717, 1.165) is 0 Å². The molecule has 3 N–H and O–H groups in total. The molecule has 0 radical (unpaired) electrons. The van der Waals surface area contributed by atoms with Crippen LogP contribution in [0.25, 0.3) is 0 Å². The third-order valence-corrected chi connectivity index (χ3v) is 3.18. The molecule has 1 aliphatic heterocycles. The van der Waals surface area contributed by atoms with Crippen molar-refractivity contribution < 1.29 is 29.3 Å². The summed E-state index contributed by atoms with van der Waals surface area (Å²) in [7, 11) is 1.47. The fraction of sp³-hybridized carbons (Fsp3) is 0.846. The minimum atomic E-state index is -1.10. The summed E-state index contributed by atoms with van der Waals surface area (Å²) in [5, 5.41) is 20.8. The number of aliphatic carboxylic acids is 1. The second kappa shape index (κ2) is 7.58. The summed E-state index contributed by atoms with van der Waals surface area (Å²) in [6.07, 6.45) is -0.281. The van der Waals surface area contributed by atoms with E-state index in [-0.39, 0.29) is 26.2 Å². The van der Waals surface area contributed by atoms with E-state index in [1.165, 1.54) is 12.0 Å². The number of ether oxygens (including phenoxy) is 2. The van der Waals surface area contributed by atoms with E-state index < -0.39 is 29.7 Å². The Morgan fingerprint density at radius 3 is 2.71 bits per heavy atom. The van der Waals surface area contributed by atoms with Crippen molar-refractivity contribution in [1.29, 1.82) is 0 Å². The molecule has 2 amide bonds. The number of nitrogens with one attached hydrogen (secondary N) is 1. The predicted octanol–water partition coefficient (Wildman–Crippen LogP) is -0.343. The number of amides is 2. The van der Waals surface area contributed by atoms with Crippen molar-refractivity contribution in [3.05, 3.63) is 0 Å². The van der Waals surface area contributed by atoms with Gasteiger partial charge in [0.05, 0.1) is 31.4 Å². The lowest BCUT2D eigenvalue weighted by molar-refractivity contribution is -0.141. The van der Waals surface area contributed by atoms with Crippen molar-refractivity contribution in [3.8, 4) is 0 Å². The van der Waals surface area contributed by atoms with E-state index in [4.69, 9.17) is 14.6 Å². The van der Waals surface area contributed by atoms with Crippen molar-refractivity contribution in [1.82, 2.24) is 10.2 Å². The lowest BCUT2D eigenvalue weighted by Crippen LogP contribution is -2.59. The number of methoxy groups -OCH3 is 1. The fourth-order valence-electron chi connectivity index (χ4n) is 2.28. The van der Waals surface area contributed by atoms with Gasteiger partial charge in [-0.1, -0.05) is 0 Å². The van der Waals surface area contributed by atoms with Gasteiger partial charge in [-0.3, -0.25) is 0 Å². The van der Waals surface area contributed by atoms with E-state index in [1.807, 2.05) is 13.8 Å². The predicted molar refractivity (Wildman–Crippen MR) is 74.1 cm³/mol. The zero-order valence-electron chi connectivity index (χ0n) is 12.7. The number of carbonyl (C=O) groups is 2. The van der Waals surface area contributed by atoms with Crippen LogP contribution >= 0.6 is 0 Å². The van der Waals surface area contributed by atoms with Crippen molar-refractivity contribution in [2.24, 2.45) is 0 Å². The maximum atomic E-state index is 12.2. The van der Waals surface area contributed by atoms with Gasteiger partial charge in [-0.05, 0) is 13.8 Å². The Kier molecular flexibility index (Phi) is 6.38. The second-order valence-electron chi connectivity index (χ2n) is 5.68. The van der Waals surface area contributed by atoms with E-state index in [0.29, 0.717) is 6.54 Å². The average Bonchev–Trinajstić information content (AvgIpc) is 2.40. The third-order valence-electron chi connectivity index (χ3n) is 3.18. The number of aliphatic hydroxyl groups excluding tert-OH is 1. The zero-order valence-corrected chi connectivity index (χ0v) is 12.7. The average molecular weight is 304 g/mol. The molecule has 1 aliphatic rings. The van der Waals surface area contributed by atoms with Gasteiger partial charge >= 0.3 is 12.0 Å². The quantitative estimate of drug-likeness (QED) is 0.619. The van der Waals surface area contributed by atoms with Gasteiger partial charge in [0.2, 0.25) is 0 Å². The van der Waals surface area contributed by atoms with Crippen molar-refractivity contribution >= 4 is 12.0 Å². The summed E-state index contributed by atoms with van der Waals surface area (Å²) < 4.78 is 10.4. The summed E-state index contributed by atoms with van der Waals surface area (Å²) >= 11 is 0. The van der Waals surface area contributed by atoms with Crippen LogP contribution in [-0.2, 0) is 14.3 Å². The number of nitrogens with zero attached hydrogens (tertiary/aromatic N) is 1. The normalized spacial score (nSPS) is 22.7. The van der Waals surface area contributed by atoms with Gasteiger partial charge in [0.1, 0.15) is 6.04 Å². The largest absolute Gasteiger partial charge is 0.480 e. The van der Waals surface area contributed by atoms with Crippen LogP contribution in [0.5, 0.6) is 0 Å². The molecular formula is C13H24N2O6. The van der Waals surface area contributed by atoms with Crippen LogP contribution < -0.4 is 5.32 Å². The maximum Gasteiger partial charge on any atom is 0.326 e. The van der Waals surface area contributed by atoms with Gasteiger partial charge < -0.3 is 29.9 Å². The zero-order chi connectivity index (χ0) is 16.0. The molecule has 8 nitrogen and oxygen atoms in total. The molecular weight excluding hydrogens is 280 g/mol. The number of aliphatic hydroxyl groups is 1. The first-order chi connectivity index (χ1) is 9.79. The molecule has 0 spiro atoms. The lowest BCUT2D eigenvalue weighted by Gasteiger charge is -2.42. The van der Waals surface area contributed by atoms with Crippen LogP contribution in [-0.4, -0.2) is 78.3 Å². The highest BCUT2D eigenvalue weighted by Gasteiger charge is 2.36. The number of urea groups is 1. The number of carbonyl (C=O) groups excluding carboxylic acids is 1. The molecule has 1 rings (SSSR count). The summed E-state index contributed by atoms with van der Waals surface area (Å²) in [6.45, 7) is 4.22. The van der Waals surface area contributed by atoms with Gasteiger partial charge in [-0.2, -0.15) is 0 Å². The standard InChI is InChI=1S/C13H24N2O6/c1-13(2)8-15(6-9(7-16)21-13)12(19)14-10(11(17)18)4-5-20-3/h9-10,16H,4-8H2,1-3H3,(H,14,19)(H,17,18). The first kappa shape index (κ1) is 17.7. The molecule has 21 heavy (non-hydrogen) atoms. The monoisotopic (exact) mass is 304 g/mol. The number of hydrogen-bond donors (Lipinski definition) is 3. The first-order valence-electron chi connectivity index (χ1n) is 6.85. The molecule has 2 unspecified atom stereocenters. The van der Waals surface area contributed by atoms with Gasteiger partial charge in [0, 0.05) is 20.1 Å². The van der Waals surface area contributed by atoms with Crippen molar-refractivity contribution in [2.75, 3.05) is 33.4 Å². The van der Waals surface area contributed by atoms with Crippen LogP contribution in [0.4, 0.5) is 4.79 Å². The second-order valence-corrected chi connectivity index (χ2v) is 5.68. The summed E-state index contributed by atoms with van der Waals surface area (Å²) in [5.41, 5.74) is -0.589. The molecule has 122 valence electrons. The van der Waals surface area contributed by atoms with E-state index in [2.05, 4.69) is 5.32 Å². The summed E-state index contributed by atoms with van der Waals surface area (Å²) in [5.74, 6) is -1.10. The molecule has 1 fully saturated rings. The lowest BCUT2D eigenvalue weighted by atomic mass is 10.1. The van der Waals surface area contributed by atoms with Crippen LogP contribution in [0, 0.1) is 0 Å². The molecule has 1 saturated heterocycles. The van der Waals surface area contributed by atoms with E-state index in [9.17, 15) is 14.7 Å². The molecule has 0 aliphatic carbocycles. The third kappa shape index (κ3) is 5.49. The highest BCUT2D eigenvalue weighted by atomic mass is 16.5. The van der Waals surface area contributed by atoms with Crippen molar-refractivity contribution in [2.45, 2.75) is 38.0 Å². The van der Waals surface area contributed by atoms with Crippen molar-refractivity contribution in [3.63, 3.8) is 0 Å². The van der Waals surface area contributed by atoms with Crippen LogP contribution in [0.3, 0.4) is 0 Å². The number of carboxylic acid groups (broad SMARTS) is 1. The highest BCUT2D eigenvalue weighted by Crippen LogP contribution is 2.20. The maximum absolute atomic E-state index is 12.2. The first-order valence-corrected chi connectivity index (χ1v) is 6.85. The number of rotatable bonds is 6. The van der Waals surface area contributed by atoms with Gasteiger partial charge in [-0.25, -0.2) is 9.59 Å². The van der Waals surface area contributed by atoms with Crippen LogP contribution in [0.2, 0.25) is 0 Å².